The summed E-state index contributed by atoms with van der Waals surface area (Å²) in [6, 6.07) is 16.3. The molecule has 0 saturated carbocycles. The Morgan fingerprint density at radius 1 is 1.00 bits per heavy atom. The van der Waals surface area contributed by atoms with E-state index in [1.807, 2.05) is 62.1 Å². The zero-order valence-electron chi connectivity index (χ0n) is 20.8. The van der Waals surface area contributed by atoms with E-state index in [4.69, 9.17) is 18.9 Å². The number of nitrogens with zero attached hydrogens (tertiary/aromatic N) is 1. The van der Waals surface area contributed by atoms with Crippen LogP contribution in [0.25, 0.3) is 0 Å². The number of unbranched alkanes of at least 4 members (excludes halogenated alkanes) is 1. The van der Waals surface area contributed by atoms with Gasteiger partial charge in [-0.15, -0.1) is 0 Å². The van der Waals surface area contributed by atoms with Crippen LogP contribution in [0, 0.1) is 0 Å². The first-order valence-electron chi connectivity index (χ1n) is 12.4. The second-order valence-electron chi connectivity index (χ2n) is 10.1. The van der Waals surface area contributed by atoms with Gasteiger partial charge in [-0.25, -0.2) is 4.79 Å². The molecule has 0 unspecified atom stereocenters. The first kappa shape index (κ1) is 24.6. The Kier molecular flexibility index (Phi) is 7.79. The van der Waals surface area contributed by atoms with Crippen molar-refractivity contribution < 1.29 is 23.7 Å². The van der Waals surface area contributed by atoms with Gasteiger partial charge >= 0.3 is 6.09 Å². The molecule has 2 aromatic carbocycles. The number of piperidine rings is 1. The van der Waals surface area contributed by atoms with Crippen molar-refractivity contribution >= 4 is 6.09 Å². The van der Waals surface area contributed by atoms with Crippen molar-refractivity contribution in [3.05, 3.63) is 65.2 Å². The lowest BCUT2D eigenvalue weighted by molar-refractivity contribution is -0.397. The van der Waals surface area contributed by atoms with Crippen LogP contribution in [0.3, 0.4) is 0 Å². The Bertz CT molecular complexity index is 941. The topological polar surface area (TPSA) is 57.2 Å². The number of likely N-dealkylation sites (tertiary alicyclic amines) is 1. The summed E-state index contributed by atoms with van der Waals surface area (Å²) in [7, 11) is 0. The van der Waals surface area contributed by atoms with Gasteiger partial charge in [-0.3, -0.25) is 0 Å². The van der Waals surface area contributed by atoms with Gasteiger partial charge in [0.25, 0.3) is 0 Å². The lowest BCUT2D eigenvalue weighted by Gasteiger charge is -2.38. The highest BCUT2D eigenvalue weighted by Crippen LogP contribution is 2.45. The maximum absolute atomic E-state index is 12.4. The van der Waals surface area contributed by atoms with Crippen LogP contribution >= 0.6 is 0 Å². The minimum Gasteiger partial charge on any atom is -0.493 e. The number of ether oxygens (including phenoxy) is 4. The fourth-order valence-corrected chi connectivity index (χ4v) is 4.33. The van der Waals surface area contributed by atoms with E-state index in [2.05, 4.69) is 19.1 Å². The molecule has 0 bridgehead atoms. The Morgan fingerprint density at radius 2 is 1.71 bits per heavy atom. The lowest BCUT2D eigenvalue weighted by Crippen LogP contribution is -2.41. The quantitative estimate of drug-likeness (QED) is 0.423. The monoisotopic (exact) mass is 467 g/mol. The van der Waals surface area contributed by atoms with Crippen molar-refractivity contribution in [3.63, 3.8) is 0 Å². The van der Waals surface area contributed by atoms with E-state index in [1.165, 1.54) is 5.56 Å². The van der Waals surface area contributed by atoms with Crippen LogP contribution in [-0.4, -0.2) is 36.3 Å². The largest absolute Gasteiger partial charge is 0.493 e. The predicted molar refractivity (Wildman–Crippen MR) is 131 cm³/mol. The Balaban J connectivity index is 1.43. The van der Waals surface area contributed by atoms with Crippen molar-refractivity contribution in [2.75, 3.05) is 19.7 Å². The summed E-state index contributed by atoms with van der Waals surface area (Å²) in [5, 5.41) is 0. The van der Waals surface area contributed by atoms with Crippen LogP contribution in [0.4, 0.5) is 4.79 Å². The van der Waals surface area contributed by atoms with Crippen molar-refractivity contribution in [2.45, 2.75) is 77.5 Å². The van der Waals surface area contributed by atoms with Crippen LogP contribution < -0.4 is 4.74 Å². The number of hydrogen-bond acceptors (Lipinski definition) is 5. The van der Waals surface area contributed by atoms with Crippen molar-refractivity contribution in [2.24, 2.45) is 0 Å². The molecule has 2 aliphatic rings. The summed E-state index contributed by atoms with van der Waals surface area (Å²) in [5.41, 5.74) is 2.71. The average molecular weight is 468 g/mol. The molecule has 0 aliphatic carbocycles. The second-order valence-corrected chi connectivity index (χ2v) is 10.1. The van der Waals surface area contributed by atoms with Gasteiger partial charge in [-0.05, 0) is 63.6 Å². The molecule has 1 amide bonds. The molecular formula is C28H37NO5. The van der Waals surface area contributed by atoms with E-state index in [0.717, 1.165) is 42.6 Å². The van der Waals surface area contributed by atoms with Crippen LogP contribution in [0.1, 0.15) is 88.6 Å². The standard InChI is InChI=1S/C28H37NO5/c1-5-6-18-31-24-13-12-22(20-14-16-29(17-15-20)27(30)34-28(2,3)4)19-23(24)26-32-25(33-26)21-10-8-7-9-11-21/h7-13,19-20,25-26H,5-6,14-18H2,1-4H3. The maximum Gasteiger partial charge on any atom is 0.410 e. The van der Waals surface area contributed by atoms with Gasteiger partial charge in [-0.1, -0.05) is 49.7 Å². The molecule has 2 aliphatic heterocycles. The van der Waals surface area contributed by atoms with Gasteiger partial charge in [0.05, 0.1) is 12.2 Å². The minimum atomic E-state index is -0.475. The summed E-state index contributed by atoms with van der Waals surface area (Å²) >= 11 is 0. The first-order chi connectivity index (χ1) is 16.3. The fourth-order valence-electron chi connectivity index (χ4n) is 4.33. The molecule has 2 aromatic rings. The summed E-state index contributed by atoms with van der Waals surface area (Å²) < 4.78 is 23.9. The fraction of sp³-hybridized carbons (Fsp3) is 0.536. The van der Waals surface area contributed by atoms with Gasteiger partial charge < -0.3 is 23.8 Å². The summed E-state index contributed by atoms with van der Waals surface area (Å²) in [6.45, 7) is 9.90. The summed E-state index contributed by atoms with van der Waals surface area (Å²) in [6.07, 6.45) is 2.86. The van der Waals surface area contributed by atoms with Crippen LogP contribution in [0.5, 0.6) is 5.75 Å². The normalized spacial score (nSPS) is 21.1. The lowest BCUT2D eigenvalue weighted by atomic mass is 9.88. The van der Waals surface area contributed by atoms with E-state index in [0.29, 0.717) is 25.6 Å². The molecule has 2 saturated heterocycles. The number of carbonyl (C=O) groups is 1. The first-order valence-corrected chi connectivity index (χ1v) is 12.4. The van der Waals surface area contributed by atoms with Crippen LogP contribution in [0.15, 0.2) is 48.5 Å². The van der Waals surface area contributed by atoms with Crippen molar-refractivity contribution in [1.82, 2.24) is 4.90 Å². The molecule has 34 heavy (non-hydrogen) atoms. The summed E-state index contributed by atoms with van der Waals surface area (Å²) in [5.74, 6) is 1.19. The zero-order valence-corrected chi connectivity index (χ0v) is 20.8. The number of carbonyl (C=O) groups excluding carboxylic acids is 1. The Hall–Kier alpha value is -2.57. The molecule has 0 radical (unpaired) electrons. The third-order valence-electron chi connectivity index (χ3n) is 6.23. The third kappa shape index (κ3) is 6.10. The zero-order chi connectivity index (χ0) is 24.1. The molecular weight excluding hydrogens is 430 g/mol. The molecule has 2 fully saturated rings. The summed E-state index contributed by atoms with van der Waals surface area (Å²) in [4.78, 5) is 14.2. The molecule has 184 valence electrons. The van der Waals surface area contributed by atoms with Crippen LogP contribution in [0.2, 0.25) is 0 Å². The number of rotatable bonds is 7. The Labute approximate surface area is 203 Å². The minimum absolute atomic E-state index is 0.227. The van der Waals surface area contributed by atoms with Gasteiger partial charge in [0.1, 0.15) is 11.4 Å². The van der Waals surface area contributed by atoms with Gasteiger partial charge in [0, 0.05) is 18.7 Å². The van der Waals surface area contributed by atoms with Crippen molar-refractivity contribution in [1.29, 1.82) is 0 Å². The molecule has 4 rings (SSSR count). The Morgan fingerprint density at radius 3 is 2.35 bits per heavy atom. The molecule has 6 heteroatoms. The maximum atomic E-state index is 12.4. The number of benzene rings is 2. The molecule has 0 atom stereocenters. The van der Waals surface area contributed by atoms with E-state index < -0.39 is 11.9 Å². The number of hydrogen-bond donors (Lipinski definition) is 0. The highest BCUT2D eigenvalue weighted by Gasteiger charge is 2.36. The molecule has 2 heterocycles. The van der Waals surface area contributed by atoms with Crippen molar-refractivity contribution in [3.8, 4) is 5.75 Å². The van der Waals surface area contributed by atoms with Gasteiger partial charge in [-0.2, -0.15) is 0 Å². The second kappa shape index (κ2) is 10.8. The van der Waals surface area contributed by atoms with E-state index in [1.54, 1.807) is 0 Å². The highest BCUT2D eigenvalue weighted by atomic mass is 16.9. The highest BCUT2D eigenvalue weighted by molar-refractivity contribution is 5.68. The van der Waals surface area contributed by atoms with E-state index in [9.17, 15) is 4.79 Å². The molecule has 6 nitrogen and oxygen atoms in total. The van der Waals surface area contributed by atoms with E-state index >= 15 is 0 Å². The van der Waals surface area contributed by atoms with Gasteiger partial charge in [0.2, 0.25) is 0 Å². The average Bonchev–Trinajstić information content (AvgIpc) is 2.79. The predicted octanol–water partition coefficient (Wildman–Crippen LogP) is 6.72. The number of amides is 1. The van der Waals surface area contributed by atoms with Crippen LogP contribution in [-0.2, 0) is 14.2 Å². The van der Waals surface area contributed by atoms with Gasteiger partial charge in [0.15, 0.2) is 12.6 Å². The smallest absolute Gasteiger partial charge is 0.410 e. The SMILES string of the molecule is CCCCOc1ccc(C2CCN(C(=O)OC(C)(C)C)CC2)cc1C1OC(c2ccccc2)O1. The third-order valence-corrected chi connectivity index (χ3v) is 6.23. The molecule has 0 aromatic heterocycles. The van der Waals surface area contributed by atoms with E-state index in [-0.39, 0.29) is 12.4 Å². The molecule has 0 N–H and O–H groups in total. The molecule has 0 spiro atoms.